The summed E-state index contributed by atoms with van der Waals surface area (Å²) < 4.78 is 6.26. The SMILES string of the molecule is c1ccc(N(c2ccc(-c3ccc(-c4ccccc4-c4cc5ccccc5o4)cc3)cc2)c2ccc(-c3cc4ccccc4c4ccccc34)cc2)cc1. The molecule has 2 nitrogen and oxygen atoms in total. The number of nitrogens with zero attached hydrogens (tertiary/aromatic N) is 1. The van der Waals surface area contributed by atoms with Crippen molar-refractivity contribution in [3.8, 4) is 44.7 Å². The van der Waals surface area contributed by atoms with Crippen molar-refractivity contribution in [1.82, 2.24) is 0 Å². The Bertz CT molecular complexity index is 2870. The first-order valence-corrected chi connectivity index (χ1v) is 18.4. The van der Waals surface area contributed by atoms with E-state index in [1.165, 1.54) is 43.8 Å². The highest BCUT2D eigenvalue weighted by atomic mass is 16.3. The molecule has 9 aromatic carbocycles. The molecule has 0 atom stereocenters. The third kappa shape index (κ3) is 5.71. The summed E-state index contributed by atoms with van der Waals surface area (Å²) in [6, 6.07) is 75.8. The van der Waals surface area contributed by atoms with Crippen molar-refractivity contribution in [2.45, 2.75) is 0 Å². The van der Waals surface area contributed by atoms with E-state index in [0.29, 0.717) is 0 Å². The second-order valence-corrected chi connectivity index (χ2v) is 13.7. The normalized spacial score (nSPS) is 11.3. The lowest BCUT2D eigenvalue weighted by Gasteiger charge is -2.26. The standard InChI is InChI=1S/C52H35NO/c1-2-14-42(15-3-1)53(44-32-28-39(29-33-44)50-34-40-12-4-6-17-46(40)47-18-8-9-19-48(47)50)43-30-26-37(27-31-43)36-22-24-38(25-23-36)45-16-7-10-20-49(45)52-35-41-13-5-11-21-51(41)54-52/h1-35H. The molecule has 0 saturated heterocycles. The molecule has 0 spiro atoms. The van der Waals surface area contributed by atoms with Gasteiger partial charge < -0.3 is 9.32 Å². The van der Waals surface area contributed by atoms with Crippen LogP contribution in [0, 0.1) is 0 Å². The predicted octanol–water partition coefficient (Wildman–Crippen LogP) is 14.9. The van der Waals surface area contributed by atoms with Crippen LogP contribution in [0.25, 0.3) is 77.2 Å². The lowest BCUT2D eigenvalue weighted by molar-refractivity contribution is 0.632. The summed E-state index contributed by atoms with van der Waals surface area (Å²) in [6.07, 6.45) is 0. The highest BCUT2D eigenvalue weighted by molar-refractivity contribution is 6.13. The second kappa shape index (κ2) is 13.4. The van der Waals surface area contributed by atoms with Gasteiger partial charge >= 0.3 is 0 Å². The smallest absolute Gasteiger partial charge is 0.136 e. The minimum absolute atomic E-state index is 0.881. The first-order chi connectivity index (χ1) is 26.8. The first-order valence-electron chi connectivity index (χ1n) is 18.4. The second-order valence-electron chi connectivity index (χ2n) is 13.7. The Labute approximate surface area is 314 Å². The third-order valence-electron chi connectivity index (χ3n) is 10.5. The fraction of sp³-hybridized carbons (Fsp3) is 0. The molecule has 2 heteroatoms. The average molecular weight is 690 g/mol. The fourth-order valence-corrected chi connectivity index (χ4v) is 7.82. The number of anilines is 3. The summed E-state index contributed by atoms with van der Waals surface area (Å²) in [6.45, 7) is 0. The Hall–Kier alpha value is -7.16. The molecule has 0 aliphatic rings. The van der Waals surface area contributed by atoms with E-state index in [1.54, 1.807) is 0 Å². The van der Waals surface area contributed by atoms with Crippen molar-refractivity contribution < 1.29 is 4.42 Å². The van der Waals surface area contributed by atoms with E-state index >= 15 is 0 Å². The lowest BCUT2D eigenvalue weighted by Crippen LogP contribution is -2.09. The van der Waals surface area contributed by atoms with Crippen molar-refractivity contribution in [3.05, 3.63) is 212 Å². The number of para-hydroxylation sites is 2. The van der Waals surface area contributed by atoms with Crippen LogP contribution in [-0.2, 0) is 0 Å². The number of fused-ring (bicyclic) bond motifs is 4. The molecular weight excluding hydrogens is 655 g/mol. The Morgan fingerprint density at radius 3 is 1.48 bits per heavy atom. The van der Waals surface area contributed by atoms with Gasteiger partial charge in [-0.15, -0.1) is 0 Å². The van der Waals surface area contributed by atoms with E-state index < -0.39 is 0 Å². The fourth-order valence-electron chi connectivity index (χ4n) is 7.82. The van der Waals surface area contributed by atoms with Gasteiger partial charge in [0.25, 0.3) is 0 Å². The monoisotopic (exact) mass is 689 g/mol. The molecule has 0 fully saturated rings. The number of furan rings is 1. The van der Waals surface area contributed by atoms with E-state index in [1.807, 2.05) is 18.2 Å². The molecular formula is C52H35NO. The molecule has 0 saturated carbocycles. The lowest BCUT2D eigenvalue weighted by atomic mass is 9.93. The highest BCUT2D eigenvalue weighted by Gasteiger charge is 2.15. The van der Waals surface area contributed by atoms with Crippen LogP contribution in [0.1, 0.15) is 0 Å². The van der Waals surface area contributed by atoms with Crippen LogP contribution in [0.4, 0.5) is 17.1 Å². The maximum Gasteiger partial charge on any atom is 0.136 e. The van der Waals surface area contributed by atoms with E-state index in [4.69, 9.17) is 4.42 Å². The van der Waals surface area contributed by atoms with Gasteiger partial charge in [0.15, 0.2) is 0 Å². The predicted molar refractivity (Wildman–Crippen MR) is 228 cm³/mol. The van der Waals surface area contributed by atoms with Crippen molar-refractivity contribution in [3.63, 3.8) is 0 Å². The van der Waals surface area contributed by atoms with Crippen LogP contribution in [0.3, 0.4) is 0 Å². The Morgan fingerprint density at radius 2 is 0.778 bits per heavy atom. The maximum absolute atomic E-state index is 6.26. The molecule has 0 N–H and O–H groups in total. The van der Waals surface area contributed by atoms with Crippen LogP contribution in [0.2, 0.25) is 0 Å². The van der Waals surface area contributed by atoms with E-state index in [2.05, 4.69) is 199 Å². The van der Waals surface area contributed by atoms with Gasteiger partial charge in [0.05, 0.1) is 0 Å². The van der Waals surface area contributed by atoms with Gasteiger partial charge in [-0.2, -0.15) is 0 Å². The molecule has 254 valence electrons. The zero-order valence-corrected chi connectivity index (χ0v) is 29.6. The molecule has 0 aliphatic heterocycles. The Balaban J connectivity index is 0.959. The summed E-state index contributed by atoms with van der Waals surface area (Å²) in [7, 11) is 0. The highest BCUT2D eigenvalue weighted by Crippen LogP contribution is 2.40. The number of hydrogen-bond donors (Lipinski definition) is 0. The van der Waals surface area contributed by atoms with Gasteiger partial charge in [0, 0.05) is 28.0 Å². The van der Waals surface area contributed by atoms with Crippen LogP contribution in [-0.4, -0.2) is 0 Å². The van der Waals surface area contributed by atoms with E-state index in [9.17, 15) is 0 Å². The van der Waals surface area contributed by atoms with Gasteiger partial charge in [-0.3, -0.25) is 0 Å². The molecule has 0 unspecified atom stereocenters. The van der Waals surface area contributed by atoms with Crippen LogP contribution in [0.15, 0.2) is 217 Å². The summed E-state index contributed by atoms with van der Waals surface area (Å²) in [5.74, 6) is 0.881. The first kappa shape index (κ1) is 31.6. The van der Waals surface area contributed by atoms with Gasteiger partial charge in [-0.25, -0.2) is 0 Å². The van der Waals surface area contributed by atoms with Gasteiger partial charge in [-0.1, -0.05) is 158 Å². The summed E-state index contributed by atoms with van der Waals surface area (Å²) in [5.41, 5.74) is 12.4. The molecule has 10 aromatic rings. The zero-order chi connectivity index (χ0) is 35.8. The van der Waals surface area contributed by atoms with E-state index in [0.717, 1.165) is 50.5 Å². The summed E-state index contributed by atoms with van der Waals surface area (Å²) in [5, 5.41) is 6.19. The molecule has 0 amide bonds. The van der Waals surface area contributed by atoms with Crippen molar-refractivity contribution in [2.24, 2.45) is 0 Å². The van der Waals surface area contributed by atoms with Gasteiger partial charge in [0.2, 0.25) is 0 Å². The number of rotatable bonds is 7. The molecule has 0 aliphatic carbocycles. The average Bonchev–Trinajstić information content (AvgIpc) is 3.69. The molecule has 10 rings (SSSR count). The zero-order valence-electron chi connectivity index (χ0n) is 29.6. The van der Waals surface area contributed by atoms with Gasteiger partial charge in [0.1, 0.15) is 11.3 Å². The van der Waals surface area contributed by atoms with Crippen LogP contribution >= 0.6 is 0 Å². The Kier molecular flexibility index (Phi) is 7.85. The molecule has 0 radical (unpaired) electrons. The molecule has 1 heterocycles. The van der Waals surface area contributed by atoms with Crippen molar-refractivity contribution in [2.75, 3.05) is 4.90 Å². The molecule has 1 aromatic heterocycles. The maximum atomic E-state index is 6.26. The van der Waals surface area contributed by atoms with Crippen molar-refractivity contribution in [1.29, 1.82) is 0 Å². The number of hydrogen-bond acceptors (Lipinski definition) is 2. The summed E-state index contributed by atoms with van der Waals surface area (Å²) in [4.78, 5) is 2.32. The quantitative estimate of drug-likeness (QED) is 0.155. The molecule has 0 bridgehead atoms. The summed E-state index contributed by atoms with van der Waals surface area (Å²) >= 11 is 0. The minimum Gasteiger partial charge on any atom is -0.456 e. The topological polar surface area (TPSA) is 16.4 Å². The Morgan fingerprint density at radius 1 is 0.296 bits per heavy atom. The largest absolute Gasteiger partial charge is 0.456 e. The van der Waals surface area contributed by atoms with Crippen LogP contribution in [0.5, 0.6) is 0 Å². The minimum atomic E-state index is 0.881. The van der Waals surface area contributed by atoms with Crippen molar-refractivity contribution >= 4 is 49.6 Å². The molecule has 54 heavy (non-hydrogen) atoms. The number of benzene rings is 9. The van der Waals surface area contributed by atoms with Crippen LogP contribution < -0.4 is 4.90 Å². The van der Waals surface area contributed by atoms with Gasteiger partial charge in [-0.05, 0) is 110 Å². The third-order valence-corrected chi connectivity index (χ3v) is 10.5. The van der Waals surface area contributed by atoms with E-state index in [-0.39, 0.29) is 0 Å².